The highest BCUT2D eigenvalue weighted by Crippen LogP contribution is 2.33. The summed E-state index contributed by atoms with van der Waals surface area (Å²) in [4.78, 5) is 16.2. The number of esters is 1. The van der Waals surface area contributed by atoms with E-state index in [4.69, 9.17) is 16.3 Å². The Morgan fingerprint density at radius 3 is 2.63 bits per heavy atom. The van der Waals surface area contributed by atoms with Crippen LogP contribution in [0.3, 0.4) is 0 Å². The molecule has 8 heteroatoms. The molecule has 0 unspecified atom stereocenters. The Morgan fingerprint density at radius 2 is 1.90 bits per heavy atom. The van der Waals surface area contributed by atoms with Gasteiger partial charge in [-0.3, -0.25) is 4.31 Å². The first-order valence-electron chi connectivity index (χ1n) is 9.68. The summed E-state index contributed by atoms with van der Waals surface area (Å²) in [5, 5.41) is 1.41. The van der Waals surface area contributed by atoms with Crippen molar-refractivity contribution in [2.45, 2.75) is 24.7 Å². The van der Waals surface area contributed by atoms with Crippen molar-refractivity contribution in [2.24, 2.45) is 0 Å². The predicted octanol–water partition coefficient (Wildman–Crippen LogP) is 4.36. The molecule has 0 radical (unpaired) electrons. The van der Waals surface area contributed by atoms with Gasteiger partial charge in [0, 0.05) is 28.7 Å². The van der Waals surface area contributed by atoms with E-state index in [1.165, 1.54) is 34.8 Å². The minimum Gasteiger partial charge on any atom is -0.462 e. The highest BCUT2D eigenvalue weighted by atomic mass is 35.5. The van der Waals surface area contributed by atoms with Gasteiger partial charge in [0.15, 0.2) is 0 Å². The summed E-state index contributed by atoms with van der Waals surface area (Å²) < 4.78 is 33.1. The summed E-state index contributed by atoms with van der Waals surface area (Å²) >= 11 is 5.90. The normalized spacial score (nSPS) is 14.2. The fraction of sp³-hybridized carbons (Fsp3) is 0.227. The van der Waals surface area contributed by atoms with Gasteiger partial charge in [-0.05, 0) is 48.7 Å². The molecule has 1 N–H and O–H groups in total. The van der Waals surface area contributed by atoms with Gasteiger partial charge >= 0.3 is 5.97 Å². The van der Waals surface area contributed by atoms with Crippen molar-refractivity contribution < 1.29 is 17.9 Å². The number of carbonyl (C=O) groups excluding carboxylic acids is 1. The number of benzene rings is 2. The maximum absolute atomic E-state index is 13.2. The predicted molar refractivity (Wildman–Crippen MR) is 117 cm³/mol. The number of nitrogens with zero attached hydrogens (tertiary/aromatic N) is 1. The molecule has 1 aliphatic heterocycles. The molecular formula is C22H21ClN2O4S. The molecule has 156 valence electrons. The summed E-state index contributed by atoms with van der Waals surface area (Å²) in [6.07, 6.45) is 2.50. The van der Waals surface area contributed by atoms with Crippen molar-refractivity contribution in [3.8, 4) is 0 Å². The number of ether oxygens (including phenoxy) is 1. The number of fused-ring (bicyclic) bond motifs is 3. The van der Waals surface area contributed by atoms with Crippen molar-refractivity contribution in [1.29, 1.82) is 0 Å². The molecule has 0 saturated heterocycles. The van der Waals surface area contributed by atoms with E-state index in [2.05, 4.69) is 4.98 Å². The lowest BCUT2D eigenvalue weighted by Gasteiger charge is -2.20. The Morgan fingerprint density at radius 1 is 1.17 bits per heavy atom. The zero-order valence-electron chi connectivity index (χ0n) is 16.4. The smallest absolute Gasteiger partial charge is 0.341 e. The quantitative estimate of drug-likeness (QED) is 0.593. The van der Waals surface area contributed by atoms with Gasteiger partial charge in [0.05, 0.1) is 17.2 Å². The molecule has 0 saturated carbocycles. The Kier molecular flexibility index (Phi) is 5.58. The van der Waals surface area contributed by atoms with Crippen LogP contribution in [0.15, 0.2) is 59.6 Å². The van der Waals surface area contributed by atoms with E-state index in [-0.39, 0.29) is 23.6 Å². The number of para-hydroxylation sites is 1. The minimum atomic E-state index is -3.86. The number of rotatable bonds is 5. The fourth-order valence-corrected chi connectivity index (χ4v) is 5.00. The molecule has 0 aliphatic carbocycles. The maximum atomic E-state index is 13.2. The average molecular weight is 445 g/mol. The van der Waals surface area contributed by atoms with E-state index in [1.54, 1.807) is 0 Å². The zero-order valence-corrected chi connectivity index (χ0v) is 18.0. The van der Waals surface area contributed by atoms with Crippen molar-refractivity contribution in [3.63, 3.8) is 0 Å². The van der Waals surface area contributed by atoms with Crippen LogP contribution in [-0.2, 0) is 26.0 Å². The Labute approximate surface area is 180 Å². The average Bonchev–Trinajstić information content (AvgIpc) is 2.99. The highest BCUT2D eigenvalue weighted by Gasteiger charge is 2.30. The summed E-state index contributed by atoms with van der Waals surface area (Å²) in [5.41, 5.74) is 2.60. The van der Waals surface area contributed by atoms with Gasteiger partial charge in [0.2, 0.25) is 0 Å². The first-order valence-corrected chi connectivity index (χ1v) is 11.5. The summed E-state index contributed by atoms with van der Waals surface area (Å²) in [6, 6.07) is 13.7. The molecule has 0 spiro atoms. The van der Waals surface area contributed by atoms with E-state index in [9.17, 15) is 13.2 Å². The lowest BCUT2D eigenvalue weighted by Crippen LogP contribution is -2.28. The maximum Gasteiger partial charge on any atom is 0.341 e. The SMILES string of the molecule is CCCOC(=O)C1=CN(S(=O)(=O)c2ccc(Cl)cc2)CCc2c1[nH]c1ccccc21. The lowest BCUT2D eigenvalue weighted by atomic mass is 10.0. The van der Waals surface area contributed by atoms with Crippen LogP contribution in [0.2, 0.25) is 5.02 Å². The van der Waals surface area contributed by atoms with Crippen LogP contribution in [-0.4, -0.2) is 36.8 Å². The molecule has 3 aromatic rings. The molecule has 0 amide bonds. The number of halogens is 1. The van der Waals surface area contributed by atoms with E-state index < -0.39 is 16.0 Å². The van der Waals surface area contributed by atoms with Gasteiger partial charge in [0.1, 0.15) is 5.57 Å². The van der Waals surface area contributed by atoms with Crippen molar-refractivity contribution in [1.82, 2.24) is 9.29 Å². The summed E-state index contributed by atoms with van der Waals surface area (Å²) in [5.74, 6) is -0.553. The molecule has 6 nitrogen and oxygen atoms in total. The van der Waals surface area contributed by atoms with E-state index in [0.29, 0.717) is 23.6 Å². The number of sulfonamides is 1. The molecule has 0 atom stereocenters. The summed E-state index contributed by atoms with van der Waals surface area (Å²) in [6.45, 7) is 2.36. The third-order valence-electron chi connectivity index (χ3n) is 5.02. The molecule has 30 heavy (non-hydrogen) atoms. The monoisotopic (exact) mass is 444 g/mol. The van der Waals surface area contributed by atoms with Gasteiger partial charge in [-0.25, -0.2) is 13.2 Å². The summed E-state index contributed by atoms with van der Waals surface area (Å²) in [7, 11) is -3.86. The zero-order chi connectivity index (χ0) is 21.3. The van der Waals surface area contributed by atoms with Gasteiger partial charge in [0.25, 0.3) is 10.0 Å². The molecule has 2 heterocycles. The Balaban J connectivity index is 1.82. The van der Waals surface area contributed by atoms with Gasteiger partial charge in [-0.15, -0.1) is 0 Å². The number of nitrogens with one attached hydrogen (secondary N) is 1. The second-order valence-electron chi connectivity index (χ2n) is 7.02. The molecule has 1 aromatic heterocycles. The van der Waals surface area contributed by atoms with Crippen molar-refractivity contribution in [3.05, 3.63) is 71.0 Å². The fourth-order valence-electron chi connectivity index (χ4n) is 3.54. The topological polar surface area (TPSA) is 79.5 Å². The molecular weight excluding hydrogens is 424 g/mol. The molecule has 2 aromatic carbocycles. The van der Waals surface area contributed by atoms with Crippen LogP contribution < -0.4 is 0 Å². The van der Waals surface area contributed by atoms with Crippen LogP contribution in [0.25, 0.3) is 16.5 Å². The first kappa shape index (κ1) is 20.5. The Bertz CT molecular complexity index is 1230. The van der Waals surface area contributed by atoms with E-state index >= 15 is 0 Å². The second-order valence-corrected chi connectivity index (χ2v) is 9.35. The standard InChI is InChI=1S/C22H21ClN2O4S/c1-2-13-29-22(26)19-14-25(30(27,28)16-9-7-15(23)8-10-16)12-11-18-17-5-3-4-6-20(17)24-21(18)19/h3-10,14,24H,2,11-13H2,1H3. The largest absolute Gasteiger partial charge is 0.462 e. The molecule has 1 aliphatic rings. The number of hydrogen-bond acceptors (Lipinski definition) is 4. The van der Waals surface area contributed by atoms with Gasteiger partial charge in [-0.1, -0.05) is 36.7 Å². The van der Waals surface area contributed by atoms with E-state index in [0.717, 1.165) is 16.5 Å². The number of aromatic nitrogens is 1. The third kappa shape index (κ3) is 3.70. The van der Waals surface area contributed by atoms with Crippen LogP contribution in [0.5, 0.6) is 0 Å². The highest BCUT2D eigenvalue weighted by molar-refractivity contribution is 7.89. The lowest BCUT2D eigenvalue weighted by molar-refractivity contribution is -0.136. The third-order valence-corrected chi connectivity index (χ3v) is 7.04. The van der Waals surface area contributed by atoms with Gasteiger partial charge in [-0.2, -0.15) is 0 Å². The number of carbonyl (C=O) groups is 1. The van der Waals surface area contributed by atoms with Crippen LogP contribution >= 0.6 is 11.6 Å². The van der Waals surface area contributed by atoms with Crippen molar-refractivity contribution >= 4 is 44.1 Å². The number of hydrogen-bond donors (Lipinski definition) is 1. The Hall–Kier alpha value is -2.77. The molecule has 4 rings (SSSR count). The molecule has 0 bridgehead atoms. The first-order chi connectivity index (χ1) is 14.4. The molecule has 0 fully saturated rings. The second kappa shape index (κ2) is 8.16. The van der Waals surface area contributed by atoms with E-state index in [1.807, 2.05) is 31.2 Å². The van der Waals surface area contributed by atoms with Crippen LogP contribution in [0.1, 0.15) is 24.6 Å². The minimum absolute atomic E-state index is 0.111. The van der Waals surface area contributed by atoms with Crippen LogP contribution in [0, 0.1) is 0 Å². The van der Waals surface area contributed by atoms with Gasteiger partial charge < -0.3 is 9.72 Å². The van der Waals surface area contributed by atoms with Crippen molar-refractivity contribution in [2.75, 3.05) is 13.2 Å². The van der Waals surface area contributed by atoms with Crippen LogP contribution in [0.4, 0.5) is 0 Å². The number of H-pyrrole nitrogens is 1. The number of aromatic amines is 1.